The Morgan fingerprint density at radius 1 is 1.05 bits per heavy atom. The van der Waals surface area contributed by atoms with Crippen LogP contribution in [0, 0.1) is 10.1 Å². The second kappa shape index (κ2) is 6.31. The van der Waals surface area contributed by atoms with E-state index in [0.717, 1.165) is 0 Å². The minimum Gasteiger partial charge on any atom is -0.450 e. The van der Waals surface area contributed by atoms with Gasteiger partial charge in [-0.3, -0.25) is 10.1 Å². The first-order valence-electron chi connectivity index (χ1n) is 5.47. The van der Waals surface area contributed by atoms with Crippen LogP contribution in [0.4, 0.5) is 5.69 Å². The Hall–Kier alpha value is -1.49. The second-order valence-corrected chi connectivity index (χ2v) is 5.00. The average molecular weight is 333 g/mol. The maximum absolute atomic E-state index is 11.0. The molecule has 0 saturated carbocycles. The second-order valence-electron chi connectivity index (χ2n) is 3.86. The maximum atomic E-state index is 11.0. The molecule has 0 aromatic heterocycles. The highest BCUT2D eigenvalue weighted by atomic mass is 35.5. The van der Waals surface area contributed by atoms with Crippen molar-refractivity contribution in [2.75, 3.05) is 0 Å². The van der Waals surface area contributed by atoms with Crippen LogP contribution in [-0.4, -0.2) is 4.92 Å². The maximum Gasteiger partial charge on any atom is 0.313 e. The Bertz CT molecular complexity index is 661. The predicted molar refractivity (Wildman–Crippen MR) is 79.2 cm³/mol. The lowest BCUT2D eigenvalue weighted by Crippen LogP contribution is -1.95. The molecule has 0 unspecified atom stereocenters. The van der Waals surface area contributed by atoms with Gasteiger partial charge in [-0.25, -0.2) is 0 Å². The first-order valence-corrected chi connectivity index (χ1v) is 6.76. The normalized spacial score (nSPS) is 10.3. The molecular formula is C13H8Cl3NO3. The minimum absolute atomic E-state index is 0.0908. The van der Waals surface area contributed by atoms with Crippen LogP contribution in [0.3, 0.4) is 0 Å². The van der Waals surface area contributed by atoms with E-state index >= 15 is 0 Å². The van der Waals surface area contributed by atoms with E-state index in [1.165, 1.54) is 18.2 Å². The van der Waals surface area contributed by atoms with Gasteiger partial charge in [0.05, 0.1) is 10.8 Å². The molecule has 0 fully saturated rings. The summed E-state index contributed by atoms with van der Waals surface area (Å²) in [5.74, 6) is 0.681. The quantitative estimate of drug-likeness (QED) is 0.426. The van der Waals surface area contributed by atoms with Gasteiger partial charge in [0.2, 0.25) is 5.75 Å². The van der Waals surface area contributed by atoms with Gasteiger partial charge in [-0.1, -0.05) is 23.2 Å². The van der Waals surface area contributed by atoms with Crippen LogP contribution in [0.25, 0.3) is 0 Å². The number of benzene rings is 2. The topological polar surface area (TPSA) is 52.4 Å². The first kappa shape index (κ1) is 14.9. The molecule has 0 atom stereocenters. The van der Waals surface area contributed by atoms with E-state index in [-0.39, 0.29) is 22.3 Å². The largest absolute Gasteiger partial charge is 0.450 e. The number of rotatable bonds is 4. The van der Waals surface area contributed by atoms with E-state index in [4.69, 9.17) is 39.5 Å². The predicted octanol–water partition coefficient (Wildman–Crippen LogP) is 5.43. The third kappa shape index (κ3) is 3.33. The first-order chi connectivity index (χ1) is 9.51. The zero-order valence-electron chi connectivity index (χ0n) is 9.98. The summed E-state index contributed by atoms with van der Waals surface area (Å²) >= 11 is 17.4. The number of nitro groups is 1. The number of hydrogen-bond donors (Lipinski definition) is 0. The van der Waals surface area contributed by atoms with E-state index in [2.05, 4.69) is 0 Å². The van der Waals surface area contributed by atoms with Gasteiger partial charge in [0.1, 0.15) is 5.75 Å². The van der Waals surface area contributed by atoms with Crippen molar-refractivity contribution in [1.29, 1.82) is 0 Å². The summed E-state index contributed by atoms with van der Waals surface area (Å²) in [6.07, 6.45) is 0. The lowest BCUT2D eigenvalue weighted by atomic mass is 10.2. The van der Waals surface area contributed by atoms with Crippen molar-refractivity contribution in [1.82, 2.24) is 0 Å². The molecule has 20 heavy (non-hydrogen) atoms. The summed E-state index contributed by atoms with van der Waals surface area (Å²) in [5, 5.41) is 11.8. The van der Waals surface area contributed by atoms with E-state index < -0.39 is 4.92 Å². The zero-order chi connectivity index (χ0) is 14.7. The van der Waals surface area contributed by atoms with Crippen molar-refractivity contribution in [3.8, 4) is 11.5 Å². The molecule has 0 amide bonds. The minimum atomic E-state index is -0.558. The van der Waals surface area contributed by atoms with E-state index in [9.17, 15) is 10.1 Å². The molecular weight excluding hydrogens is 325 g/mol. The number of halogens is 3. The molecule has 4 nitrogen and oxygen atoms in total. The Kier molecular flexibility index (Phi) is 4.70. The van der Waals surface area contributed by atoms with E-state index in [0.29, 0.717) is 16.3 Å². The summed E-state index contributed by atoms with van der Waals surface area (Å²) in [6, 6.07) is 9.05. The number of nitrogens with zero attached hydrogens (tertiary/aromatic N) is 1. The van der Waals surface area contributed by atoms with Crippen molar-refractivity contribution < 1.29 is 9.66 Å². The molecule has 0 spiro atoms. The highest BCUT2D eigenvalue weighted by molar-refractivity contribution is 6.31. The van der Waals surface area contributed by atoms with Gasteiger partial charge in [-0.2, -0.15) is 0 Å². The Balaban J connectivity index is 2.42. The van der Waals surface area contributed by atoms with Crippen molar-refractivity contribution in [3.05, 3.63) is 62.1 Å². The summed E-state index contributed by atoms with van der Waals surface area (Å²) in [7, 11) is 0. The smallest absolute Gasteiger partial charge is 0.313 e. The number of hydrogen-bond acceptors (Lipinski definition) is 3. The standard InChI is InChI=1S/C13H8Cl3NO3/c14-7-8-5-9(15)1-3-12(8)20-13-4-2-10(16)6-11(13)17(18)19/h1-6H,7H2. The number of alkyl halides is 1. The lowest BCUT2D eigenvalue weighted by molar-refractivity contribution is -0.385. The molecule has 104 valence electrons. The highest BCUT2D eigenvalue weighted by Gasteiger charge is 2.17. The summed E-state index contributed by atoms with van der Waals surface area (Å²) in [6.45, 7) is 0. The Labute approximate surface area is 130 Å². The average Bonchev–Trinajstić information content (AvgIpc) is 2.42. The molecule has 0 saturated heterocycles. The third-order valence-corrected chi connectivity index (χ3v) is 3.26. The molecule has 0 radical (unpaired) electrons. The Morgan fingerprint density at radius 2 is 1.65 bits per heavy atom. The molecule has 2 aromatic rings. The highest BCUT2D eigenvalue weighted by Crippen LogP contribution is 2.35. The van der Waals surface area contributed by atoms with Gasteiger partial charge in [-0.15, -0.1) is 11.6 Å². The third-order valence-electron chi connectivity index (χ3n) is 2.50. The fourth-order valence-corrected chi connectivity index (χ4v) is 2.16. The van der Waals surface area contributed by atoms with E-state index in [1.807, 2.05) is 0 Å². The molecule has 0 bridgehead atoms. The van der Waals surface area contributed by atoms with Crippen LogP contribution in [0.1, 0.15) is 5.56 Å². The van der Waals surface area contributed by atoms with Gasteiger partial charge in [0, 0.05) is 21.7 Å². The SMILES string of the molecule is O=[N+]([O-])c1cc(Cl)ccc1Oc1ccc(Cl)cc1CCl. The molecule has 7 heteroatoms. The molecule has 0 aliphatic rings. The van der Waals surface area contributed by atoms with Crippen LogP contribution in [0.2, 0.25) is 10.0 Å². The van der Waals surface area contributed by atoms with E-state index in [1.54, 1.807) is 18.2 Å². The van der Waals surface area contributed by atoms with Crippen LogP contribution in [-0.2, 0) is 5.88 Å². The summed E-state index contributed by atoms with van der Waals surface area (Å²) in [5.41, 5.74) is 0.427. The molecule has 0 aliphatic heterocycles. The fourth-order valence-electron chi connectivity index (χ4n) is 1.59. The monoisotopic (exact) mass is 331 g/mol. The summed E-state index contributed by atoms with van der Waals surface area (Å²) in [4.78, 5) is 10.4. The summed E-state index contributed by atoms with van der Waals surface area (Å²) < 4.78 is 5.56. The van der Waals surface area contributed by atoms with Gasteiger partial charge in [0.15, 0.2) is 0 Å². The molecule has 0 aliphatic carbocycles. The van der Waals surface area contributed by atoms with Gasteiger partial charge in [0.25, 0.3) is 0 Å². The van der Waals surface area contributed by atoms with Gasteiger partial charge in [-0.05, 0) is 30.3 Å². The number of ether oxygens (including phenoxy) is 1. The van der Waals surface area contributed by atoms with Crippen molar-refractivity contribution >= 4 is 40.5 Å². The van der Waals surface area contributed by atoms with Gasteiger partial charge < -0.3 is 4.74 Å². The molecule has 2 rings (SSSR count). The molecule has 2 aromatic carbocycles. The lowest BCUT2D eigenvalue weighted by Gasteiger charge is -2.10. The van der Waals surface area contributed by atoms with Crippen LogP contribution >= 0.6 is 34.8 Å². The fraction of sp³-hybridized carbons (Fsp3) is 0.0769. The van der Waals surface area contributed by atoms with Crippen molar-refractivity contribution in [3.63, 3.8) is 0 Å². The Morgan fingerprint density at radius 3 is 2.25 bits per heavy atom. The molecule has 0 N–H and O–H groups in total. The van der Waals surface area contributed by atoms with Crippen molar-refractivity contribution in [2.24, 2.45) is 0 Å². The van der Waals surface area contributed by atoms with Crippen LogP contribution in [0.5, 0.6) is 11.5 Å². The van der Waals surface area contributed by atoms with Crippen LogP contribution < -0.4 is 4.74 Å². The molecule has 0 heterocycles. The number of nitro benzene ring substituents is 1. The van der Waals surface area contributed by atoms with Crippen molar-refractivity contribution in [2.45, 2.75) is 5.88 Å². The van der Waals surface area contributed by atoms with Crippen LogP contribution in [0.15, 0.2) is 36.4 Å². The zero-order valence-corrected chi connectivity index (χ0v) is 12.2. The van der Waals surface area contributed by atoms with Gasteiger partial charge >= 0.3 is 5.69 Å².